The summed E-state index contributed by atoms with van der Waals surface area (Å²) in [5, 5.41) is 12.3. The summed E-state index contributed by atoms with van der Waals surface area (Å²) in [5.74, 6) is 2.91. The molecule has 5 rings (SSSR count). The SMILES string of the molecule is Cc1occc1-c1nnc(SCC(=O)NC[C@@H]2COc3ccccc3O2)n1-c1ccccc1. The minimum Gasteiger partial charge on any atom is -0.486 e. The second kappa shape index (κ2) is 9.41. The van der Waals surface area contributed by atoms with Crippen LogP contribution in [0.4, 0.5) is 0 Å². The first-order valence-electron chi connectivity index (χ1n) is 10.5. The first-order chi connectivity index (χ1) is 16.2. The monoisotopic (exact) mass is 462 g/mol. The fourth-order valence-electron chi connectivity index (χ4n) is 3.54. The molecule has 0 radical (unpaired) electrons. The van der Waals surface area contributed by atoms with Crippen molar-refractivity contribution in [2.45, 2.75) is 18.2 Å². The van der Waals surface area contributed by atoms with E-state index in [4.69, 9.17) is 13.9 Å². The second-order valence-corrected chi connectivity index (χ2v) is 8.40. The molecule has 33 heavy (non-hydrogen) atoms. The Morgan fingerprint density at radius 1 is 1.09 bits per heavy atom. The lowest BCUT2D eigenvalue weighted by Crippen LogP contribution is -2.41. The zero-order valence-electron chi connectivity index (χ0n) is 17.9. The van der Waals surface area contributed by atoms with Crippen molar-refractivity contribution >= 4 is 17.7 Å². The van der Waals surface area contributed by atoms with Crippen LogP contribution in [-0.4, -0.2) is 45.7 Å². The number of para-hydroxylation sites is 3. The van der Waals surface area contributed by atoms with Crippen molar-refractivity contribution in [2.24, 2.45) is 0 Å². The number of carbonyl (C=O) groups is 1. The highest BCUT2D eigenvalue weighted by Crippen LogP contribution is 2.31. The van der Waals surface area contributed by atoms with Crippen LogP contribution in [0, 0.1) is 6.92 Å². The third-order valence-electron chi connectivity index (χ3n) is 5.17. The Bertz CT molecular complexity index is 1250. The molecule has 0 spiro atoms. The van der Waals surface area contributed by atoms with Gasteiger partial charge in [0.2, 0.25) is 5.91 Å². The summed E-state index contributed by atoms with van der Waals surface area (Å²) >= 11 is 1.32. The molecule has 0 fully saturated rings. The van der Waals surface area contributed by atoms with Gasteiger partial charge in [-0.1, -0.05) is 42.1 Å². The summed E-state index contributed by atoms with van der Waals surface area (Å²) in [5.41, 5.74) is 1.77. The smallest absolute Gasteiger partial charge is 0.230 e. The lowest BCUT2D eigenvalue weighted by Gasteiger charge is -2.26. The summed E-state index contributed by atoms with van der Waals surface area (Å²) < 4.78 is 19.0. The predicted molar refractivity (Wildman–Crippen MR) is 124 cm³/mol. The standard InChI is InChI=1S/C24H22N4O4S/c1-16-19(11-12-30-16)23-26-27-24(28(23)17-7-3-2-4-8-17)33-15-22(29)25-13-18-14-31-20-9-5-6-10-21(20)32-18/h2-12,18H,13-15H2,1H3,(H,25,29)/t18-/m1/s1. The van der Waals surface area contributed by atoms with E-state index in [0.29, 0.717) is 29.9 Å². The van der Waals surface area contributed by atoms with Gasteiger partial charge in [-0.05, 0) is 37.3 Å². The van der Waals surface area contributed by atoms with Crippen LogP contribution in [0.25, 0.3) is 17.1 Å². The number of ether oxygens (including phenoxy) is 2. The van der Waals surface area contributed by atoms with Gasteiger partial charge in [-0.25, -0.2) is 0 Å². The van der Waals surface area contributed by atoms with Crippen LogP contribution >= 0.6 is 11.8 Å². The van der Waals surface area contributed by atoms with Gasteiger partial charge in [0.25, 0.3) is 0 Å². The van der Waals surface area contributed by atoms with Crippen LogP contribution in [-0.2, 0) is 4.79 Å². The molecule has 0 saturated heterocycles. The number of hydrogen-bond donors (Lipinski definition) is 1. The number of rotatable bonds is 7. The number of carbonyl (C=O) groups excluding carboxylic acids is 1. The number of thioether (sulfide) groups is 1. The van der Waals surface area contributed by atoms with Crippen molar-refractivity contribution in [1.82, 2.24) is 20.1 Å². The third kappa shape index (κ3) is 4.58. The first-order valence-corrected chi connectivity index (χ1v) is 11.5. The topological polar surface area (TPSA) is 91.4 Å². The highest BCUT2D eigenvalue weighted by Gasteiger charge is 2.22. The molecular formula is C24H22N4O4S. The summed E-state index contributed by atoms with van der Waals surface area (Å²) in [6.45, 7) is 2.63. The number of benzene rings is 2. The Hall–Kier alpha value is -3.72. The molecule has 4 aromatic rings. The van der Waals surface area contributed by atoms with E-state index in [-0.39, 0.29) is 17.8 Å². The quantitative estimate of drug-likeness (QED) is 0.417. The molecule has 3 heterocycles. The van der Waals surface area contributed by atoms with E-state index in [1.54, 1.807) is 6.26 Å². The molecule has 1 atom stereocenters. The number of nitrogens with one attached hydrogen (secondary N) is 1. The van der Waals surface area contributed by atoms with Crippen molar-refractivity contribution in [3.8, 4) is 28.6 Å². The minimum absolute atomic E-state index is 0.119. The number of furan rings is 1. The summed E-state index contributed by atoms with van der Waals surface area (Å²) in [6, 6.07) is 19.2. The van der Waals surface area contributed by atoms with Gasteiger partial charge in [-0.15, -0.1) is 10.2 Å². The predicted octanol–water partition coefficient (Wildman–Crippen LogP) is 3.88. The molecule has 2 aromatic carbocycles. The van der Waals surface area contributed by atoms with E-state index < -0.39 is 0 Å². The van der Waals surface area contributed by atoms with Crippen LogP contribution in [0.3, 0.4) is 0 Å². The van der Waals surface area contributed by atoms with Crippen molar-refractivity contribution in [1.29, 1.82) is 0 Å². The highest BCUT2D eigenvalue weighted by atomic mass is 32.2. The molecule has 1 aliphatic heterocycles. The molecule has 9 heteroatoms. The normalized spacial score (nSPS) is 14.8. The Labute approximate surface area is 194 Å². The molecule has 2 aromatic heterocycles. The molecular weight excluding hydrogens is 440 g/mol. The van der Waals surface area contributed by atoms with Crippen molar-refractivity contribution in [2.75, 3.05) is 18.9 Å². The van der Waals surface area contributed by atoms with Gasteiger partial charge in [-0.2, -0.15) is 0 Å². The molecule has 0 bridgehead atoms. The Kier molecular flexibility index (Phi) is 6.03. The second-order valence-electron chi connectivity index (χ2n) is 7.46. The van der Waals surface area contributed by atoms with Crippen molar-refractivity contribution < 1.29 is 18.7 Å². The van der Waals surface area contributed by atoms with Crippen LogP contribution in [0.1, 0.15) is 5.76 Å². The van der Waals surface area contributed by atoms with Gasteiger partial charge >= 0.3 is 0 Å². The number of amides is 1. The van der Waals surface area contributed by atoms with Gasteiger partial charge in [-0.3, -0.25) is 9.36 Å². The molecule has 1 aliphatic rings. The van der Waals surface area contributed by atoms with Crippen LogP contribution in [0.5, 0.6) is 11.5 Å². The van der Waals surface area contributed by atoms with E-state index in [1.807, 2.05) is 72.2 Å². The van der Waals surface area contributed by atoms with Crippen LogP contribution in [0.15, 0.2) is 76.5 Å². The van der Waals surface area contributed by atoms with Gasteiger partial charge in [0, 0.05) is 5.69 Å². The van der Waals surface area contributed by atoms with E-state index in [0.717, 1.165) is 22.8 Å². The Balaban J connectivity index is 1.25. The van der Waals surface area contributed by atoms with Gasteiger partial charge in [0.15, 0.2) is 22.5 Å². The average molecular weight is 463 g/mol. The molecule has 168 valence electrons. The zero-order valence-corrected chi connectivity index (χ0v) is 18.7. The fraction of sp³-hybridized carbons (Fsp3) is 0.208. The van der Waals surface area contributed by atoms with Crippen LogP contribution < -0.4 is 14.8 Å². The maximum absolute atomic E-state index is 12.5. The number of nitrogens with zero attached hydrogens (tertiary/aromatic N) is 3. The maximum atomic E-state index is 12.5. The molecule has 1 N–H and O–H groups in total. The van der Waals surface area contributed by atoms with Crippen molar-refractivity contribution in [3.63, 3.8) is 0 Å². The third-order valence-corrected chi connectivity index (χ3v) is 6.10. The van der Waals surface area contributed by atoms with Crippen molar-refractivity contribution in [3.05, 3.63) is 72.7 Å². The summed E-state index contributed by atoms with van der Waals surface area (Å²) in [4.78, 5) is 12.5. The van der Waals surface area contributed by atoms with Gasteiger partial charge in [0.05, 0.1) is 24.1 Å². The van der Waals surface area contributed by atoms with E-state index in [9.17, 15) is 4.79 Å². The average Bonchev–Trinajstić information content (AvgIpc) is 3.47. The highest BCUT2D eigenvalue weighted by molar-refractivity contribution is 7.99. The van der Waals surface area contributed by atoms with Gasteiger partial charge < -0.3 is 19.2 Å². The number of hydrogen-bond acceptors (Lipinski definition) is 7. The molecule has 8 nitrogen and oxygen atoms in total. The minimum atomic E-state index is -0.238. The van der Waals surface area contributed by atoms with E-state index in [2.05, 4.69) is 15.5 Å². The molecule has 0 aliphatic carbocycles. The zero-order chi connectivity index (χ0) is 22.6. The number of aryl methyl sites for hydroxylation is 1. The molecule has 0 saturated carbocycles. The summed E-state index contributed by atoms with van der Waals surface area (Å²) in [6.07, 6.45) is 1.39. The molecule has 0 unspecified atom stereocenters. The van der Waals surface area contributed by atoms with E-state index in [1.165, 1.54) is 11.8 Å². The Morgan fingerprint density at radius 2 is 1.88 bits per heavy atom. The lowest BCUT2D eigenvalue weighted by molar-refractivity contribution is -0.119. The number of aromatic nitrogens is 3. The Morgan fingerprint density at radius 3 is 2.67 bits per heavy atom. The number of fused-ring (bicyclic) bond motifs is 1. The van der Waals surface area contributed by atoms with E-state index >= 15 is 0 Å². The first kappa shape index (κ1) is 21.1. The fourth-order valence-corrected chi connectivity index (χ4v) is 4.32. The molecule has 1 amide bonds. The lowest BCUT2D eigenvalue weighted by atomic mass is 10.2. The maximum Gasteiger partial charge on any atom is 0.230 e. The van der Waals surface area contributed by atoms with Crippen LogP contribution in [0.2, 0.25) is 0 Å². The summed E-state index contributed by atoms with van der Waals surface area (Å²) in [7, 11) is 0. The largest absolute Gasteiger partial charge is 0.486 e. The van der Waals surface area contributed by atoms with Gasteiger partial charge in [0.1, 0.15) is 18.5 Å².